The fourth-order valence-corrected chi connectivity index (χ4v) is 16.1. The smallest absolute Gasteiger partial charge is 0.311 e. The summed E-state index contributed by atoms with van der Waals surface area (Å²) in [5, 5.41) is 0. The molecule has 0 aliphatic carbocycles. The van der Waals surface area contributed by atoms with Gasteiger partial charge in [-0.15, -0.1) is 0 Å². The van der Waals surface area contributed by atoms with Crippen LogP contribution in [0, 0.1) is 0 Å². The van der Waals surface area contributed by atoms with Crippen LogP contribution in [0.1, 0.15) is 20.3 Å². The molecule has 0 bridgehead atoms. The molecular formula is C13H36N2O2Si3. The molecule has 20 heavy (non-hydrogen) atoms. The van der Waals surface area contributed by atoms with Gasteiger partial charge in [0.25, 0.3) is 0 Å². The minimum Gasteiger partial charge on any atom is -0.436 e. The van der Waals surface area contributed by atoms with Crippen molar-refractivity contribution in [3.8, 4) is 0 Å². The maximum absolute atomic E-state index is 6.56. The molecule has 0 aromatic rings. The van der Waals surface area contributed by atoms with Crippen molar-refractivity contribution in [3.63, 3.8) is 0 Å². The second-order valence-corrected chi connectivity index (χ2v) is 20.2. The van der Waals surface area contributed by atoms with Gasteiger partial charge in [-0.05, 0) is 69.9 Å². The molecule has 0 amide bonds. The summed E-state index contributed by atoms with van der Waals surface area (Å²) in [6.07, 6.45) is 1.03. The van der Waals surface area contributed by atoms with Crippen LogP contribution in [-0.4, -0.2) is 38.3 Å². The van der Waals surface area contributed by atoms with Crippen LogP contribution < -0.4 is 11.5 Å². The summed E-state index contributed by atoms with van der Waals surface area (Å²) in [7, 11) is -5.66. The quantitative estimate of drug-likeness (QED) is 0.634. The third-order valence-electron chi connectivity index (χ3n) is 4.34. The minimum atomic E-state index is -2.12. The standard InChI is InChI=1S/C13H36N2O2Si3/c1-12(9-10-14)18(3,4)16-20(7,8)17-19(5,6)13(2)11-15/h12-13H,9-11,14-15H2,1-8H3. The fraction of sp³-hybridized carbons (Fsp3) is 1.00. The zero-order valence-electron chi connectivity index (χ0n) is 14.7. The normalized spacial score (nSPS) is 17.1. The Morgan fingerprint density at radius 3 is 1.55 bits per heavy atom. The van der Waals surface area contributed by atoms with Crippen molar-refractivity contribution in [2.75, 3.05) is 13.1 Å². The number of hydrogen-bond donors (Lipinski definition) is 2. The molecule has 7 heteroatoms. The van der Waals surface area contributed by atoms with Crippen molar-refractivity contribution < 1.29 is 8.23 Å². The zero-order chi connectivity index (χ0) is 16.2. The maximum Gasteiger partial charge on any atom is 0.311 e. The van der Waals surface area contributed by atoms with E-state index < -0.39 is 25.2 Å². The van der Waals surface area contributed by atoms with Gasteiger partial charge in [0.15, 0.2) is 16.6 Å². The van der Waals surface area contributed by atoms with E-state index in [1.807, 2.05) is 0 Å². The molecule has 0 aliphatic heterocycles. The first-order valence-corrected chi connectivity index (χ1v) is 16.5. The Morgan fingerprint density at radius 1 is 0.800 bits per heavy atom. The summed E-state index contributed by atoms with van der Waals surface area (Å²) in [6.45, 7) is 19.3. The van der Waals surface area contributed by atoms with E-state index in [9.17, 15) is 0 Å². The highest BCUT2D eigenvalue weighted by molar-refractivity contribution is 6.88. The van der Waals surface area contributed by atoms with Gasteiger partial charge in [-0.25, -0.2) is 0 Å². The first kappa shape index (κ1) is 20.5. The predicted molar refractivity (Wildman–Crippen MR) is 96.2 cm³/mol. The molecule has 122 valence electrons. The third kappa shape index (κ3) is 6.50. The molecule has 0 rings (SSSR count). The van der Waals surface area contributed by atoms with Gasteiger partial charge >= 0.3 is 8.56 Å². The summed E-state index contributed by atoms with van der Waals surface area (Å²) in [5.74, 6) is 0. The SMILES string of the molecule is CC(CN)[Si](C)(C)O[Si](C)(C)O[Si](C)(C)C(C)CCN. The lowest BCUT2D eigenvalue weighted by molar-refractivity contribution is 0.376. The Morgan fingerprint density at radius 2 is 1.20 bits per heavy atom. The third-order valence-corrected chi connectivity index (χ3v) is 17.8. The van der Waals surface area contributed by atoms with Crippen LogP contribution in [0.15, 0.2) is 0 Å². The Labute approximate surface area is 129 Å². The first-order chi connectivity index (χ1) is 8.88. The van der Waals surface area contributed by atoms with Gasteiger partial charge in [0.1, 0.15) is 0 Å². The lowest BCUT2D eigenvalue weighted by Gasteiger charge is -2.42. The van der Waals surface area contributed by atoms with Crippen LogP contribution in [0.2, 0.25) is 50.4 Å². The van der Waals surface area contributed by atoms with E-state index in [4.69, 9.17) is 19.7 Å². The van der Waals surface area contributed by atoms with Crippen LogP contribution >= 0.6 is 0 Å². The molecule has 2 atom stereocenters. The highest BCUT2D eigenvalue weighted by Gasteiger charge is 2.43. The van der Waals surface area contributed by atoms with Gasteiger partial charge < -0.3 is 19.7 Å². The summed E-state index contributed by atoms with van der Waals surface area (Å²) >= 11 is 0. The van der Waals surface area contributed by atoms with E-state index in [1.54, 1.807) is 0 Å². The fourth-order valence-electron chi connectivity index (χ4n) is 2.37. The first-order valence-electron chi connectivity index (χ1n) is 7.68. The van der Waals surface area contributed by atoms with Crippen LogP contribution in [0.5, 0.6) is 0 Å². The monoisotopic (exact) mass is 336 g/mol. The summed E-state index contributed by atoms with van der Waals surface area (Å²) in [5.41, 5.74) is 12.5. The van der Waals surface area contributed by atoms with Gasteiger partial charge in [0.2, 0.25) is 0 Å². The Hall–Kier alpha value is 0.491. The Balaban J connectivity index is 4.81. The maximum atomic E-state index is 6.56. The molecule has 0 heterocycles. The molecule has 0 radical (unpaired) electrons. The van der Waals surface area contributed by atoms with Crippen LogP contribution in [0.25, 0.3) is 0 Å². The molecule has 0 aromatic heterocycles. The molecule has 0 saturated carbocycles. The second kappa shape index (κ2) is 7.66. The zero-order valence-corrected chi connectivity index (χ0v) is 17.7. The van der Waals surface area contributed by atoms with Crippen LogP contribution in [-0.2, 0) is 8.23 Å². The van der Waals surface area contributed by atoms with E-state index in [2.05, 4.69) is 53.1 Å². The summed E-state index contributed by atoms with van der Waals surface area (Å²) in [4.78, 5) is 0. The largest absolute Gasteiger partial charge is 0.436 e. The highest BCUT2D eigenvalue weighted by Crippen LogP contribution is 2.32. The van der Waals surface area contributed by atoms with E-state index in [0.717, 1.165) is 13.0 Å². The molecule has 0 aromatic carbocycles. The van der Waals surface area contributed by atoms with Crippen molar-refractivity contribution in [1.29, 1.82) is 0 Å². The Bertz CT molecular complexity index is 299. The molecule has 0 saturated heterocycles. The van der Waals surface area contributed by atoms with E-state index >= 15 is 0 Å². The topological polar surface area (TPSA) is 70.5 Å². The molecule has 4 nitrogen and oxygen atoms in total. The van der Waals surface area contributed by atoms with Crippen LogP contribution in [0.4, 0.5) is 0 Å². The van der Waals surface area contributed by atoms with Gasteiger partial charge in [0.05, 0.1) is 0 Å². The van der Waals surface area contributed by atoms with E-state index in [0.29, 0.717) is 17.6 Å². The van der Waals surface area contributed by atoms with Gasteiger partial charge in [-0.1, -0.05) is 13.8 Å². The van der Waals surface area contributed by atoms with E-state index in [1.165, 1.54) is 0 Å². The summed E-state index contributed by atoms with van der Waals surface area (Å²) < 4.78 is 13.1. The molecule has 0 fully saturated rings. The number of hydrogen-bond acceptors (Lipinski definition) is 4. The van der Waals surface area contributed by atoms with Gasteiger partial charge in [-0.3, -0.25) is 0 Å². The predicted octanol–water partition coefficient (Wildman–Crippen LogP) is 3.22. The van der Waals surface area contributed by atoms with Crippen molar-refractivity contribution in [1.82, 2.24) is 0 Å². The van der Waals surface area contributed by atoms with Gasteiger partial charge in [-0.2, -0.15) is 0 Å². The van der Waals surface area contributed by atoms with Crippen molar-refractivity contribution in [2.45, 2.75) is 70.6 Å². The lowest BCUT2D eigenvalue weighted by atomic mass is 10.3. The van der Waals surface area contributed by atoms with E-state index in [-0.39, 0.29) is 0 Å². The highest BCUT2D eigenvalue weighted by atomic mass is 28.5. The van der Waals surface area contributed by atoms with Crippen molar-refractivity contribution >= 4 is 25.2 Å². The molecular weight excluding hydrogens is 300 g/mol. The number of rotatable bonds is 9. The summed E-state index contributed by atoms with van der Waals surface area (Å²) in [6, 6.07) is 0. The van der Waals surface area contributed by atoms with Crippen molar-refractivity contribution in [2.24, 2.45) is 11.5 Å². The van der Waals surface area contributed by atoms with Crippen LogP contribution in [0.3, 0.4) is 0 Å². The molecule has 0 aliphatic rings. The molecule has 2 unspecified atom stereocenters. The number of nitrogens with two attached hydrogens (primary N) is 2. The van der Waals surface area contributed by atoms with Crippen molar-refractivity contribution in [3.05, 3.63) is 0 Å². The molecule has 0 spiro atoms. The minimum absolute atomic E-state index is 0.448. The van der Waals surface area contributed by atoms with Gasteiger partial charge in [0, 0.05) is 0 Å². The molecule has 4 N–H and O–H groups in total. The second-order valence-electron chi connectivity index (χ2n) is 7.43. The average molecular weight is 337 g/mol. The lowest BCUT2D eigenvalue weighted by Crippen LogP contribution is -2.55. The average Bonchev–Trinajstić information content (AvgIpc) is 2.24. The Kier molecular flexibility index (Phi) is 7.85.